The van der Waals surface area contributed by atoms with Gasteiger partial charge in [-0.2, -0.15) is 11.8 Å². The fourth-order valence-corrected chi connectivity index (χ4v) is 5.36. The van der Waals surface area contributed by atoms with Crippen LogP contribution in [0, 0.1) is 6.92 Å². The SMILES string of the molecule is Cc1ccc(CSCCCNC(=O)CN(c2ccc(C(=O)N3CCOCC3)cc2)S(C)(=O)=O)cc1. The summed E-state index contributed by atoms with van der Waals surface area (Å²) in [5.74, 6) is 1.32. The van der Waals surface area contributed by atoms with E-state index in [0.29, 0.717) is 44.1 Å². The number of sulfonamides is 1. The zero-order chi connectivity index (χ0) is 25.3. The summed E-state index contributed by atoms with van der Waals surface area (Å²) < 4.78 is 31.0. The van der Waals surface area contributed by atoms with E-state index in [1.807, 2.05) is 0 Å². The molecule has 0 spiro atoms. The van der Waals surface area contributed by atoms with Crippen molar-refractivity contribution in [3.05, 3.63) is 65.2 Å². The molecule has 0 unspecified atom stereocenters. The zero-order valence-corrected chi connectivity index (χ0v) is 21.9. The molecule has 1 aliphatic rings. The zero-order valence-electron chi connectivity index (χ0n) is 20.2. The molecule has 1 heterocycles. The number of morpholine rings is 1. The predicted octanol–water partition coefficient (Wildman–Crippen LogP) is 2.67. The summed E-state index contributed by atoms with van der Waals surface area (Å²) in [6.45, 7) is 4.30. The predicted molar refractivity (Wildman–Crippen MR) is 140 cm³/mol. The lowest BCUT2D eigenvalue weighted by Crippen LogP contribution is -2.41. The van der Waals surface area contributed by atoms with Gasteiger partial charge in [0.15, 0.2) is 0 Å². The lowest BCUT2D eigenvalue weighted by Gasteiger charge is -2.27. The minimum absolute atomic E-state index is 0.122. The Balaban J connectivity index is 1.47. The first kappa shape index (κ1) is 27.0. The molecule has 0 bridgehead atoms. The molecule has 2 aromatic rings. The molecule has 3 rings (SSSR count). The number of benzene rings is 2. The second-order valence-corrected chi connectivity index (χ2v) is 11.5. The van der Waals surface area contributed by atoms with Crippen LogP contribution >= 0.6 is 11.8 Å². The minimum Gasteiger partial charge on any atom is -0.378 e. The van der Waals surface area contributed by atoms with Crippen molar-refractivity contribution in [2.45, 2.75) is 19.1 Å². The van der Waals surface area contributed by atoms with Gasteiger partial charge in [-0.25, -0.2) is 8.42 Å². The van der Waals surface area contributed by atoms with Gasteiger partial charge in [-0.15, -0.1) is 0 Å². The number of aryl methyl sites for hydroxylation is 1. The summed E-state index contributed by atoms with van der Waals surface area (Å²) >= 11 is 1.80. The van der Waals surface area contributed by atoms with Crippen LogP contribution in [0.4, 0.5) is 5.69 Å². The van der Waals surface area contributed by atoms with E-state index >= 15 is 0 Å². The van der Waals surface area contributed by atoms with E-state index in [2.05, 4.69) is 36.5 Å². The first-order valence-electron chi connectivity index (χ1n) is 11.6. The highest BCUT2D eigenvalue weighted by Gasteiger charge is 2.22. The van der Waals surface area contributed by atoms with Gasteiger partial charge >= 0.3 is 0 Å². The number of nitrogens with zero attached hydrogens (tertiary/aromatic N) is 2. The quantitative estimate of drug-likeness (QED) is 0.459. The van der Waals surface area contributed by atoms with Crippen LogP contribution in [0.2, 0.25) is 0 Å². The van der Waals surface area contributed by atoms with Crippen LogP contribution in [0.25, 0.3) is 0 Å². The molecule has 0 radical (unpaired) electrons. The normalized spacial score (nSPS) is 13.9. The third-order valence-corrected chi connectivity index (χ3v) is 7.82. The number of hydrogen-bond donors (Lipinski definition) is 1. The fraction of sp³-hybridized carbons (Fsp3) is 0.440. The molecule has 2 amide bonds. The van der Waals surface area contributed by atoms with Gasteiger partial charge in [0, 0.05) is 31.0 Å². The van der Waals surface area contributed by atoms with Gasteiger partial charge in [-0.3, -0.25) is 13.9 Å². The highest BCUT2D eigenvalue weighted by Crippen LogP contribution is 2.19. The Hall–Kier alpha value is -2.56. The molecule has 0 saturated carbocycles. The molecule has 0 atom stereocenters. The summed E-state index contributed by atoms with van der Waals surface area (Å²) in [7, 11) is -3.68. The van der Waals surface area contributed by atoms with Crippen molar-refractivity contribution < 1.29 is 22.7 Å². The molecule has 1 aliphatic heterocycles. The third-order valence-electron chi connectivity index (χ3n) is 5.57. The minimum atomic E-state index is -3.68. The highest BCUT2D eigenvalue weighted by atomic mass is 32.2. The van der Waals surface area contributed by atoms with E-state index in [0.717, 1.165) is 28.5 Å². The molecule has 10 heteroatoms. The number of amides is 2. The summed E-state index contributed by atoms with van der Waals surface area (Å²) in [5.41, 5.74) is 3.32. The number of nitrogens with one attached hydrogen (secondary N) is 1. The fourth-order valence-electron chi connectivity index (χ4n) is 3.58. The lowest BCUT2D eigenvalue weighted by molar-refractivity contribution is -0.119. The Bertz CT molecular complexity index is 1080. The van der Waals surface area contributed by atoms with Gasteiger partial charge in [0.25, 0.3) is 5.91 Å². The van der Waals surface area contributed by atoms with E-state index < -0.39 is 10.0 Å². The molecule has 1 N–H and O–H groups in total. The van der Waals surface area contributed by atoms with E-state index in [1.165, 1.54) is 11.1 Å². The maximum Gasteiger partial charge on any atom is 0.254 e. The topological polar surface area (TPSA) is 96.0 Å². The molecule has 35 heavy (non-hydrogen) atoms. The molecule has 190 valence electrons. The van der Waals surface area contributed by atoms with Crippen molar-refractivity contribution in [2.75, 3.05) is 55.7 Å². The molecule has 1 saturated heterocycles. The number of ether oxygens (including phenoxy) is 1. The molecule has 0 aromatic heterocycles. The Morgan fingerprint density at radius 3 is 2.34 bits per heavy atom. The smallest absolute Gasteiger partial charge is 0.254 e. The monoisotopic (exact) mass is 519 g/mol. The van der Waals surface area contributed by atoms with Crippen LogP contribution in [0.3, 0.4) is 0 Å². The van der Waals surface area contributed by atoms with E-state index in [1.54, 1.807) is 40.9 Å². The summed E-state index contributed by atoms with van der Waals surface area (Å²) in [6.07, 6.45) is 1.86. The lowest BCUT2D eigenvalue weighted by atomic mass is 10.1. The average molecular weight is 520 g/mol. The number of carbonyl (C=O) groups excluding carboxylic acids is 2. The van der Waals surface area contributed by atoms with E-state index in [4.69, 9.17) is 4.74 Å². The number of hydrogen-bond acceptors (Lipinski definition) is 6. The number of anilines is 1. The van der Waals surface area contributed by atoms with Gasteiger partial charge in [-0.1, -0.05) is 29.8 Å². The Morgan fingerprint density at radius 1 is 1.06 bits per heavy atom. The Labute approximate surface area is 212 Å². The van der Waals surface area contributed by atoms with Gasteiger partial charge in [0.1, 0.15) is 6.54 Å². The molecule has 2 aromatic carbocycles. The van der Waals surface area contributed by atoms with Crippen molar-refractivity contribution in [3.8, 4) is 0 Å². The van der Waals surface area contributed by atoms with Gasteiger partial charge in [0.2, 0.25) is 15.9 Å². The van der Waals surface area contributed by atoms with Crippen molar-refractivity contribution in [3.63, 3.8) is 0 Å². The van der Waals surface area contributed by atoms with Gasteiger partial charge < -0.3 is 15.0 Å². The van der Waals surface area contributed by atoms with Crippen LogP contribution < -0.4 is 9.62 Å². The Morgan fingerprint density at radius 2 is 1.71 bits per heavy atom. The van der Waals surface area contributed by atoms with Crippen molar-refractivity contribution >= 4 is 39.3 Å². The van der Waals surface area contributed by atoms with E-state index in [9.17, 15) is 18.0 Å². The first-order chi connectivity index (χ1) is 16.7. The summed E-state index contributed by atoms with van der Waals surface area (Å²) in [5, 5.41) is 2.80. The van der Waals surface area contributed by atoms with Gasteiger partial charge in [-0.05, 0) is 48.9 Å². The highest BCUT2D eigenvalue weighted by molar-refractivity contribution is 7.98. The van der Waals surface area contributed by atoms with Gasteiger partial charge in [0.05, 0.1) is 25.2 Å². The van der Waals surface area contributed by atoms with Crippen molar-refractivity contribution in [2.24, 2.45) is 0 Å². The molecule has 0 aliphatic carbocycles. The van der Waals surface area contributed by atoms with Crippen LogP contribution in [-0.2, 0) is 25.3 Å². The first-order valence-corrected chi connectivity index (χ1v) is 14.6. The summed E-state index contributed by atoms with van der Waals surface area (Å²) in [4.78, 5) is 26.8. The van der Waals surface area contributed by atoms with Crippen LogP contribution in [0.5, 0.6) is 0 Å². The second-order valence-electron chi connectivity index (χ2n) is 8.46. The average Bonchev–Trinajstić information content (AvgIpc) is 2.85. The maximum atomic E-state index is 12.6. The molecular formula is C25H33N3O5S2. The van der Waals surface area contributed by atoms with Crippen molar-refractivity contribution in [1.29, 1.82) is 0 Å². The largest absolute Gasteiger partial charge is 0.378 e. The molecular weight excluding hydrogens is 486 g/mol. The van der Waals surface area contributed by atoms with Crippen LogP contribution in [-0.4, -0.2) is 76.5 Å². The Kier molecular flexibility index (Phi) is 10.00. The number of carbonyl (C=O) groups is 2. The number of thioether (sulfide) groups is 1. The third kappa shape index (κ3) is 8.55. The standard InChI is InChI=1S/C25H33N3O5S2/c1-20-4-6-21(7-5-20)19-34-17-3-12-26-24(29)18-28(35(2,31)32)23-10-8-22(9-11-23)25(30)27-13-15-33-16-14-27/h4-11H,3,12-19H2,1-2H3,(H,26,29). The second kappa shape index (κ2) is 12.9. The van der Waals surface area contributed by atoms with Crippen molar-refractivity contribution in [1.82, 2.24) is 10.2 Å². The molecule has 1 fully saturated rings. The summed E-state index contributed by atoms with van der Waals surface area (Å²) in [6, 6.07) is 14.7. The van der Waals surface area contributed by atoms with Crippen LogP contribution in [0.15, 0.2) is 48.5 Å². The number of rotatable bonds is 11. The van der Waals surface area contributed by atoms with E-state index in [-0.39, 0.29) is 18.4 Å². The maximum absolute atomic E-state index is 12.6. The van der Waals surface area contributed by atoms with Crippen LogP contribution in [0.1, 0.15) is 27.9 Å². The molecule has 8 nitrogen and oxygen atoms in total.